The summed E-state index contributed by atoms with van der Waals surface area (Å²) < 4.78 is 0. The van der Waals surface area contributed by atoms with Crippen molar-refractivity contribution in [3.05, 3.63) is 0 Å². The standard InChI is InChI=1S/C2H5ClO.Al.3H/c3-1-2-4;;;;/h4H,1-2H2;;;;. The first-order chi connectivity index (χ1) is 1.91. The molecule has 0 saturated heterocycles. The van der Waals surface area contributed by atoms with Crippen LogP contribution in [0.3, 0.4) is 0 Å². The molecule has 0 atom stereocenters. The number of aliphatic hydroxyl groups excluding tert-OH is 1. The third-order valence-corrected chi connectivity index (χ3v) is 0.254. The van der Waals surface area contributed by atoms with Crippen molar-refractivity contribution in [2.75, 3.05) is 12.5 Å². The van der Waals surface area contributed by atoms with E-state index in [9.17, 15) is 0 Å². The summed E-state index contributed by atoms with van der Waals surface area (Å²) in [6, 6.07) is 0. The summed E-state index contributed by atoms with van der Waals surface area (Å²) in [6.07, 6.45) is 0. The summed E-state index contributed by atoms with van der Waals surface area (Å²) in [6.45, 7) is 0.0849. The Kier molecular flexibility index (Phi) is 16.3. The summed E-state index contributed by atoms with van der Waals surface area (Å²) in [7, 11) is 0. The maximum absolute atomic E-state index is 7.74. The van der Waals surface area contributed by atoms with E-state index >= 15 is 0 Å². The molecule has 0 aromatic rings. The Bertz CT molecular complexity index is 11.6. The minimum absolute atomic E-state index is 0. The summed E-state index contributed by atoms with van der Waals surface area (Å²) in [5, 5.41) is 7.74. The van der Waals surface area contributed by atoms with Crippen LogP contribution in [0, 0.1) is 0 Å². The minimum atomic E-state index is 0. The van der Waals surface area contributed by atoms with Gasteiger partial charge in [0.2, 0.25) is 0 Å². The van der Waals surface area contributed by atoms with Crippen LogP contribution in [0.1, 0.15) is 0 Å². The van der Waals surface area contributed by atoms with E-state index in [4.69, 9.17) is 16.7 Å². The van der Waals surface area contributed by atoms with Crippen molar-refractivity contribution in [3.8, 4) is 0 Å². The van der Waals surface area contributed by atoms with Gasteiger partial charge >= 0.3 is 0 Å². The Morgan fingerprint density at radius 2 is 1.80 bits per heavy atom. The topological polar surface area (TPSA) is 20.2 Å². The van der Waals surface area contributed by atoms with Crippen molar-refractivity contribution >= 4 is 29.0 Å². The number of hydrogen-bond acceptors (Lipinski definition) is 1. The van der Waals surface area contributed by atoms with E-state index in [1.54, 1.807) is 0 Å². The fourth-order valence-electron chi connectivity index (χ4n) is 0. The molecule has 0 aliphatic heterocycles. The zero-order valence-electron chi connectivity index (χ0n) is 2.24. The normalized spacial score (nSPS) is 6.00. The summed E-state index contributed by atoms with van der Waals surface area (Å²) in [5.41, 5.74) is 0. The van der Waals surface area contributed by atoms with Crippen LogP contribution in [0.4, 0.5) is 0 Å². The van der Waals surface area contributed by atoms with E-state index < -0.39 is 0 Å². The molecule has 32 valence electrons. The van der Waals surface area contributed by atoms with Gasteiger partial charge in [-0.05, 0) is 0 Å². The van der Waals surface area contributed by atoms with Crippen LogP contribution in [0.5, 0.6) is 0 Å². The smallest absolute Gasteiger partial charge is 0.187 e. The van der Waals surface area contributed by atoms with Gasteiger partial charge in [0, 0.05) is 5.88 Å². The van der Waals surface area contributed by atoms with Crippen LogP contribution in [0.25, 0.3) is 0 Å². The molecule has 0 fully saturated rings. The Morgan fingerprint density at radius 3 is 1.80 bits per heavy atom. The van der Waals surface area contributed by atoms with Crippen molar-refractivity contribution in [2.24, 2.45) is 0 Å². The van der Waals surface area contributed by atoms with Gasteiger partial charge in [-0.25, -0.2) is 0 Å². The van der Waals surface area contributed by atoms with E-state index in [-0.39, 0.29) is 24.0 Å². The highest BCUT2D eigenvalue weighted by atomic mass is 35.5. The molecule has 0 bridgehead atoms. The molecular weight excluding hydrogens is 102 g/mol. The third-order valence-electron chi connectivity index (χ3n) is 0.0845. The number of alkyl halides is 1. The SMILES string of the molecule is OCCCl.[AlH3]. The van der Waals surface area contributed by atoms with Crippen molar-refractivity contribution < 1.29 is 5.11 Å². The number of halogens is 1. The summed E-state index contributed by atoms with van der Waals surface area (Å²) in [4.78, 5) is 0. The molecule has 5 heavy (non-hydrogen) atoms. The third kappa shape index (κ3) is 11.7. The second-order valence-electron chi connectivity index (χ2n) is 0.413. The first-order valence-electron chi connectivity index (χ1n) is 1.08. The Hall–Kier alpha value is 0.782. The van der Waals surface area contributed by atoms with Gasteiger partial charge in [-0.2, -0.15) is 0 Å². The minimum Gasteiger partial charge on any atom is -0.395 e. The largest absolute Gasteiger partial charge is 0.395 e. The molecule has 0 aromatic carbocycles. The maximum Gasteiger partial charge on any atom is 0.187 e. The fourth-order valence-corrected chi connectivity index (χ4v) is 0. The summed E-state index contributed by atoms with van der Waals surface area (Å²) in [5.74, 6) is 0.347. The van der Waals surface area contributed by atoms with Gasteiger partial charge in [0.05, 0.1) is 6.61 Å². The molecule has 1 N–H and O–H groups in total. The van der Waals surface area contributed by atoms with Gasteiger partial charge in [0.1, 0.15) is 0 Å². The van der Waals surface area contributed by atoms with Crippen molar-refractivity contribution in [3.63, 3.8) is 0 Å². The average molecular weight is 111 g/mol. The molecule has 0 amide bonds. The highest BCUT2D eigenvalue weighted by Gasteiger charge is 1.60. The van der Waals surface area contributed by atoms with Gasteiger partial charge in [-0.1, -0.05) is 0 Å². The van der Waals surface area contributed by atoms with Gasteiger partial charge in [-0.3, -0.25) is 0 Å². The average Bonchev–Trinajstić information content (AvgIpc) is 1.37. The zero-order valence-corrected chi connectivity index (χ0v) is 3.00. The van der Waals surface area contributed by atoms with Crippen LogP contribution in [-0.2, 0) is 0 Å². The molecule has 0 saturated carbocycles. The van der Waals surface area contributed by atoms with Gasteiger partial charge in [0.15, 0.2) is 17.4 Å². The van der Waals surface area contributed by atoms with Gasteiger partial charge < -0.3 is 5.11 Å². The van der Waals surface area contributed by atoms with Crippen LogP contribution < -0.4 is 0 Å². The highest BCUT2D eigenvalue weighted by molar-refractivity contribution is 6.17. The molecule has 0 radical (unpaired) electrons. The van der Waals surface area contributed by atoms with Crippen LogP contribution in [0.15, 0.2) is 0 Å². The molecule has 0 aromatic heterocycles. The van der Waals surface area contributed by atoms with Crippen molar-refractivity contribution in [1.82, 2.24) is 0 Å². The second kappa shape index (κ2) is 8.84. The lowest BCUT2D eigenvalue weighted by atomic mass is 10.9. The zero-order chi connectivity index (χ0) is 3.41. The first kappa shape index (κ1) is 9.24. The second-order valence-corrected chi connectivity index (χ2v) is 0.791. The summed E-state index contributed by atoms with van der Waals surface area (Å²) >= 11 is 4.94. The van der Waals surface area contributed by atoms with Crippen molar-refractivity contribution in [2.45, 2.75) is 0 Å². The molecular formula is C2H8AlClO. The van der Waals surface area contributed by atoms with E-state index in [1.165, 1.54) is 0 Å². The predicted octanol–water partition coefficient (Wildman–Crippen LogP) is -0.966. The molecule has 3 heteroatoms. The van der Waals surface area contributed by atoms with E-state index in [0.717, 1.165) is 0 Å². The Balaban J connectivity index is 0. The number of aliphatic hydroxyl groups is 1. The lowest BCUT2D eigenvalue weighted by Crippen LogP contribution is -1.76. The van der Waals surface area contributed by atoms with Crippen LogP contribution >= 0.6 is 11.6 Å². The monoisotopic (exact) mass is 110 g/mol. The first-order valence-corrected chi connectivity index (χ1v) is 1.62. The Morgan fingerprint density at radius 1 is 1.60 bits per heavy atom. The lowest BCUT2D eigenvalue weighted by Gasteiger charge is -1.67. The molecule has 0 spiro atoms. The molecule has 0 unspecified atom stereocenters. The molecule has 0 aliphatic carbocycles. The predicted molar refractivity (Wildman–Crippen MR) is 27.7 cm³/mol. The fraction of sp³-hybridized carbons (Fsp3) is 1.00. The van der Waals surface area contributed by atoms with Crippen LogP contribution in [0.2, 0.25) is 0 Å². The molecule has 0 heterocycles. The van der Waals surface area contributed by atoms with E-state index in [1.807, 2.05) is 0 Å². The van der Waals surface area contributed by atoms with Gasteiger partial charge in [-0.15, -0.1) is 11.6 Å². The molecule has 0 aliphatic rings. The van der Waals surface area contributed by atoms with E-state index in [0.29, 0.717) is 5.88 Å². The number of rotatable bonds is 1. The highest BCUT2D eigenvalue weighted by Crippen LogP contribution is 1.63. The van der Waals surface area contributed by atoms with Crippen molar-refractivity contribution in [1.29, 1.82) is 0 Å². The molecule has 1 nitrogen and oxygen atoms in total. The van der Waals surface area contributed by atoms with Gasteiger partial charge in [0.25, 0.3) is 0 Å². The number of hydrogen-bond donors (Lipinski definition) is 1. The Labute approximate surface area is 47.1 Å². The van der Waals surface area contributed by atoms with E-state index in [2.05, 4.69) is 0 Å². The lowest BCUT2D eigenvalue weighted by molar-refractivity contribution is 0.321. The van der Waals surface area contributed by atoms with Crippen LogP contribution in [-0.4, -0.2) is 35.0 Å². The molecule has 0 rings (SSSR count). The quantitative estimate of drug-likeness (QED) is 0.340. The maximum atomic E-state index is 7.74.